The Balaban J connectivity index is 1.96. The van der Waals surface area contributed by atoms with Crippen molar-refractivity contribution in [2.75, 3.05) is 11.1 Å². The van der Waals surface area contributed by atoms with Crippen molar-refractivity contribution in [3.63, 3.8) is 0 Å². The lowest BCUT2D eigenvalue weighted by Gasteiger charge is -2.08. The Morgan fingerprint density at radius 1 is 1.00 bits per heavy atom. The van der Waals surface area contributed by atoms with Gasteiger partial charge in [0, 0.05) is 23.4 Å². The zero-order chi connectivity index (χ0) is 19.1. The lowest BCUT2D eigenvalue weighted by atomic mass is 10.1. The van der Waals surface area contributed by atoms with Crippen molar-refractivity contribution in [2.45, 2.75) is 27.2 Å². The molecule has 4 N–H and O–H groups in total. The van der Waals surface area contributed by atoms with E-state index in [1.807, 2.05) is 26.0 Å². The summed E-state index contributed by atoms with van der Waals surface area (Å²) in [4.78, 5) is 23.9. The second kappa shape index (κ2) is 8.80. The van der Waals surface area contributed by atoms with E-state index in [0.717, 1.165) is 5.56 Å². The normalized spacial score (nSPS) is 11.3. The molecule has 0 spiro atoms. The van der Waals surface area contributed by atoms with Crippen LogP contribution < -0.4 is 16.5 Å². The summed E-state index contributed by atoms with van der Waals surface area (Å²) >= 11 is 0. The molecule has 6 heteroatoms. The van der Waals surface area contributed by atoms with Crippen LogP contribution in [0.3, 0.4) is 0 Å². The first kappa shape index (κ1) is 19.2. The predicted molar refractivity (Wildman–Crippen MR) is 105 cm³/mol. The highest BCUT2D eigenvalue weighted by molar-refractivity contribution is 6.01. The molecule has 0 saturated heterocycles. The van der Waals surface area contributed by atoms with E-state index >= 15 is 0 Å². The molecule has 2 rings (SSSR count). The number of carbonyl (C=O) groups is 2. The molecule has 0 radical (unpaired) electrons. The van der Waals surface area contributed by atoms with E-state index in [1.165, 1.54) is 0 Å². The van der Waals surface area contributed by atoms with Gasteiger partial charge in [0.15, 0.2) is 0 Å². The molecule has 0 heterocycles. The van der Waals surface area contributed by atoms with Crippen molar-refractivity contribution >= 4 is 28.9 Å². The fourth-order valence-corrected chi connectivity index (χ4v) is 2.28. The molecule has 0 unspecified atom stereocenters. The minimum absolute atomic E-state index is 0.0408. The largest absolute Gasteiger partial charge is 0.399 e. The molecule has 2 amide bonds. The van der Waals surface area contributed by atoms with Gasteiger partial charge in [-0.15, -0.1) is 0 Å². The molecule has 0 fully saturated rings. The van der Waals surface area contributed by atoms with Gasteiger partial charge in [-0.3, -0.25) is 9.59 Å². The molecule has 2 aromatic rings. The zero-order valence-electron chi connectivity index (χ0n) is 15.2. The van der Waals surface area contributed by atoms with Crippen LogP contribution in [0.4, 0.5) is 11.4 Å². The molecule has 0 aliphatic heterocycles. The molecule has 0 bridgehead atoms. The maximum absolute atomic E-state index is 12.2. The molecular weight excluding hydrogens is 328 g/mol. The van der Waals surface area contributed by atoms with E-state index in [1.54, 1.807) is 43.3 Å². The minimum Gasteiger partial charge on any atom is -0.399 e. The van der Waals surface area contributed by atoms with Crippen LogP contribution in [0.15, 0.2) is 53.6 Å². The van der Waals surface area contributed by atoms with Crippen molar-refractivity contribution < 1.29 is 9.59 Å². The number of benzene rings is 2. The van der Waals surface area contributed by atoms with E-state index in [4.69, 9.17) is 5.73 Å². The van der Waals surface area contributed by atoms with E-state index in [2.05, 4.69) is 15.8 Å². The summed E-state index contributed by atoms with van der Waals surface area (Å²) in [6.45, 7) is 5.78. The van der Waals surface area contributed by atoms with E-state index in [9.17, 15) is 9.59 Å². The van der Waals surface area contributed by atoms with Crippen LogP contribution in [0.1, 0.15) is 43.1 Å². The maximum Gasteiger partial charge on any atom is 0.271 e. The molecule has 0 aliphatic carbocycles. The fourth-order valence-electron chi connectivity index (χ4n) is 2.28. The first-order valence-electron chi connectivity index (χ1n) is 8.45. The molecule has 0 atom stereocenters. The van der Waals surface area contributed by atoms with Crippen LogP contribution in [0, 0.1) is 5.92 Å². The fraction of sp³-hybridized carbons (Fsp3) is 0.250. The quantitative estimate of drug-likeness (QED) is 0.422. The summed E-state index contributed by atoms with van der Waals surface area (Å²) in [6, 6.07) is 13.9. The standard InChI is InChI=1S/C20H24N4O2/c1-13(2)12-19(25)22-18-10-6-16(7-11-18)20(26)24-23-14(3)15-4-8-17(21)9-5-15/h4-11,13H,12,21H2,1-3H3,(H,22,25)(H,24,26). The number of amides is 2. The minimum atomic E-state index is -0.320. The highest BCUT2D eigenvalue weighted by atomic mass is 16.2. The molecule has 136 valence electrons. The summed E-state index contributed by atoms with van der Waals surface area (Å²) in [7, 11) is 0. The van der Waals surface area contributed by atoms with Gasteiger partial charge in [-0.05, 0) is 54.8 Å². The van der Waals surface area contributed by atoms with Gasteiger partial charge in [-0.2, -0.15) is 5.10 Å². The van der Waals surface area contributed by atoms with Crippen LogP contribution in [0.2, 0.25) is 0 Å². The number of hydrogen-bond acceptors (Lipinski definition) is 4. The van der Waals surface area contributed by atoms with Gasteiger partial charge in [0.1, 0.15) is 0 Å². The topological polar surface area (TPSA) is 96.6 Å². The first-order valence-corrected chi connectivity index (χ1v) is 8.45. The van der Waals surface area contributed by atoms with Crippen molar-refractivity contribution in [3.8, 4) is 0 Å². The molecule has 26 heavy (non-hydrogen) atoms. The summed E-state index contributed by atoms with van der Waals surface area (Å²) < 4.78 is 0. The number of anilines is 2. The predicted octanol–water partition coefficient (Wildman–Crippen LogP) is 3.41. The molecule has 2 aromatic carbocycles. The number of rotatable bonds is 6. The smallest absolute Gasteiger partial charge is 0.271 e. The molecule has 6 nitrogen and oxygen atoms in total. The molecule has 0 aromatic heterocycles. The third-order valence-corrected chi connectivity index (χ3v) is 3.68. The van der Waals surface area contributed by atoms with Crippen LogP contribution in [-0.2, 0) is 4.79 Å². The highest BCUT2D eigenvalue weighted by Gasteiger charge is 2.08. The Morgan fingerprint density at radius 2 is 1.58 bits per heavy atom. The third-order valence-electron chi connectivity index (χ3n) is 3.68. The Bertz CT molecular complexity index is 794. The van der Waals surface area contributed by atoms with Gasteiger partial charge in [-0.25, -0.2) is 5.43 Å². The Hall–Kier alpha value is -3.15. The van der Waals surface area contributed by atoms with Gasteiger partial charge >= 0.3 is 0 Å². The van der Waals surface area contributed by atoms with Crippen LogP contribution in [-0.4, -0.2) is 17.5 Å². The van der Waals surface area contributed by atoms with Crippen molar-refractivity contribution in [3.05, 3.63) is 59.7 Å². The number of hydrazone groups is 1. The molecular formula is C20H24N4O2. The van der Waals surface area contributed by atoms with Gasteiger partial charge in [0.2, 0.25) is 5.91 Å². The molecule has 0 saturated carbocycles. The third kappa shape index (κ3) is 5.73. The monoisotopic (exact) mass is 352 g/mol. The summed E-state index contributed by atoms with van der Waals surface area (Å²) in [5.41, 5.74) is 11.5. The lowest BCUT2D eigenvalue weighted by Crippen LogP contribution is -2.19. The Labute approximate surface area is 153 Å². The lowest BCUT2D eigenvalue weighted by molar-refractivity contribution is -0.116. The number of nitrogens with two attached hydrogens (primary N) is 1. The number of hydrogen-bond donors (Lipinski definition) is 3. The highest BCUT2D eigenvalue weighted by Crippen LogP contribution is 2.11. The number of nitrogens with zero attached hydrogens (tertiary/aromatic N) is 1. The Morgan fingerprint density at radius 3 is 2.15 bits per heavy atom. The van der Waals surface area contributed by atoms with Crippen LogP contribution >= 0.6 is 0 Å². The van der Waals surface area contributed by atoms with Gasteiger partial charge < -0.3 is 11.1 Å². The number of nitrogen functional groups attached to an aromatic ring is 1. The van der Waals surface area contributed by atoms with Gasteiger partial charge in [0.05, 0.1) is 5.71 Å². The maximum atomic E-state index is 12.2. The van der Waals surface area contributed by atoms with Crippen LogP contribution in [0.25, 0.3) is 0 Å². The average Bonchev–Trinajstić information content (AvgIpc) is 2.60. The first-order chi connectivity index (χ1) is 12.3. The number of nitrogens with one attached hydrogen (secondary N) is 2. The summed E-state index contributed by atoms with van der Waals surface area (Å²) in [6.07, 6.45) is 0.460. The van der Waals surface area contributed by atoms with Crippen molar-refractivity contribution in [1.82, 2.24) is 5.43 Å². The zero-order valence-corrected chi connectivity index (χ0v) is 15.2. The average molecular weight is 352 g/mol. The van der Waals surface area contributed by atoms with Crippen molar-refractivity contribution in [1.29, 1.82) is 0 Å². The second-order valence-electron chi connectivity index (χ2n) is 6.48. The van der Waals surface area contributed by atoms with E-state index in [-0.39, 0.29) is 11.8 Å². The SMILES string of the molecule is CC(=NNC(=O)c1ccc(NC(=O)CC(C)C)cc1)c1ccc(N)cc1. The van der Waals surface area contributed by atoms with Gasteiger partial charge in [0.25, 0.3) is 5.91 Å². The van der Waals surface area contributed by atoms with E-state index < -0.39 is 0 Å². The second-order valence-corrected chi connectivity index (χ2v) is 6.48. The summed E-state index contributed by atoms with van der Waals surface area (Å²) in [5.74, 6) is -0.0667. The summed E-state index contributed by atoms with van der Waals surface area (Å²) in [5, 5.41) is 6.92. The van der Waals surface area contributed by atoms with Gasteiger partial charge in [-0.1, -0.05) is 26.0 Å². The van der Waals surface area contributed by atoms with Crippen LogP contribution in [0.5, 0.6) is 0 Å². The number of carbonyl (C=O) groups excluding carboxylic acids is 2. The molecule has 0 aliphatic rings. The van der Waals surface area contributed by atoms with Crippen molar-refractivity contribution in [2.24, 2.45) is 11.0 Å². The Kier molecular flexibility index (Phi) is 6.49. The van der Waals surface area contributed by atoms with E-state index in [0.29, 0.717) is 35.0 Å².